The third-order valence-electron chi connectivity index (χ3n) is 6.18. The summed E-state index contributed by atoms with van der Waals surface area (Å²) < 4.78 is 16.7. The molecule has 0 spiro atoms. The van der Waals surface area contributed by atoms with Crippen molar-refractivity contribution >= 4 is 24.2 Å². The van der Waals surface area contributed by atoms with Crippen LogP contribution in [0.1, 0.15) is 34.1 Å². The molecule has 2 rings (SSSR count). The molecule has 8 heteroatoms. The third kappa shape index (κ3) is 3.71. The monoisotopic (exact) mass is 420 g/mol. The highest BCUT2D eigenvalue weighted by atomic mass is 16.6. The van der Waals surface area contributed by atoms with E-state index in [2.05, 4.69) is 19.7 Å². The van der Waals surface area contributed by atoms with Crippen LogP contribution < -0.4 is 0 Å². The highest BCUT2D eigenvalue weighted by Gasteiger charge is 2.65. The van der Waals surface area contributed by atoms with Crippen LogP contribution in [0.25, 0.3) is 0 Å². The van der Waals surface area contributed by atoms with Crippen LogP contribution in [0.5, 0.6) is 0 Å². The van der Waals surface area contributed by atoms with E-state index in [1.165, 1.54) is 19.9 Å². The van der Waals surface area contributed by atoms with Gasteiger partial charge in [0.25, 0.3) is 0 Å². The average Bonchev–Trinajstić information content (AvgIpc) is 2.68. The summed E-state index contributed by atoms with van der Waals surface area (Å²) in [7, 11) is 0. The molecule has 8 nitrogen and oxygen atoms in total. The fraction of sp³-hybridized carbons (Fsp3) is 0.545. The normalized spacial score (nSPS) is 34.8. The molecule has 1 heterocycles. The van der Waals surface area contributed by atoms with Gasteiger partial charge in [-0.25, -0.2) is 9.59 Å². The molecule has 30 heavy (non-hydrogen) atoms. The molecule has 1 unspecified atom stereocenters. The van der Waals surface area contributed by atoms with E-state index in [1.807, 2.05) is 0 Å². The summed E-state index contributed by atoms with van der Waals surface area (Å²) in [6, 6.07) is 0. The minimum Gasteiger partial charge on any atom is -0.459 e. The highest BCUT2D eigenvalue weighted by molar-refractivity contribution is 5.90. The molecule has 164 valence electrons. The fourth-order valence-corrected chi connectivity index (χ4v) is 4.18. The standard InChI is InChI=1S/C22H28O8/c1-8-21(6)15(11(3)10-23)16(29-20(26)22(7,27)9-2)14-12(4)19(25)30-18(21)17(14)28-13(5)24/h8,10,14-18,27H,1,3-4,9H2,2,5-7H3/t14-,15+,16-,17-,18-,21+,22?/m0/s1. The van der Waals surface area contributed by atoms with Gasteiger partial charge in [-0.2, -0.15) is 0 Å². The zero-order valence-corrected chi connectivity index (χ0v) is 17.7. The van der Waals surface area contributed by atoms with Gasteiger partial charge in [-0.3, -0.25) is 9.59 Å². The van der Waals surface area contributed by atoms with Crippen LogP contribution in [-0.2, 0) is 33.4 Å². The molecule has 1 aliphatic carbocycles. The van der Waals surface area contributed by atoms with E-state index in [9.17, 15) is 24.3 Å². The van der Waals surface area contributed by atoms with Crippen molar-refractivity contribution in [1.82, 2.24) is 0 Å². The van der Waals surface area contributed by atoms with Crippen molar-refractivity contribution in [3.05, 3.63) is 37.0 Å². The quantitative estimate of drug-likeness (QED) is 0.217. The molecule has 2 aliphatic rings. The maximum atomic E-state index is 12.7. The van der Waals surface area contributed by atoms with Gasteiger partial charge in [0.2, 0.25) is 0 Å². The number of rotatable bonds is 7. The van der Waals surface area contributed by atoms with Crippen LogP contribution >= 0.6 is 0 Å². The van der Waals surface area contributed by atoms with Gasteiger partial charge in [0.15, 0.2) is 11.7 Å². The van der Waals surface area contributed by atoms with Crippen molar-refractivity contribution in [3.63, 3.8) is 0 Å². The summed E-state index contributed by atoms with van der Waals surface area (Å²) in [5.74, 6) is -4.18. The van der Waals surface area contributed by atoms with Crippen LogP contribution in [0.15, 0.2) is 37.0 Å². The Morgan fingerprint density at radius 1 is 1.33 bits per heavy atom. The van der Waals surface area contributed by atoms with Crippen LogP contribution in [0, 0.1) is 17.3 Å². The Bertz CT molecular complexity index is 810. The summed E-state index contributed by atoms with van der Waals surface area (Å²) in [6.07, 6.45) is -1.17. The zero-order chi connectivity index (χ0) is 23.0. The minimum absolute atomic E-state index is 0.0683. The molecule has 0 aromatic rings. The lowest BCUT2D eigenvalue weighted by molar-refractivity contribution is -0.227. The van der Waals surface area contributed by atoms with Gasteiger partial charge in [-0.15, -0.1) is 6.58 Å². The summed E-state index contributed by atoms with van der Waals surface area (Å²) in [5.41, 5.74) is -2.97. The summed E-state index contributed by atoms with van der Waals surface area (Å²) in [6.45, 7) is 17.1. The SMILES string of the molecule is C=C[C@]1(C)[C@H](C(=C)C=O)[C@@H](OC(=O)C(C)(O)CC)[C@@H]2C(=C)C(=O)O[C@H]1[C@H]2OC(C)=O. The van der Waals surface area contributed by atoms with E-state index in [-0.39, 0.29) is 17.6 Å². The number of fused-ring (bicyclic) bond motifs is 2. The average molecular weight is 420 g/mol. The van der Waals surface area contributed by atoms with Crippen LogP contribution in [0.3, 0.4) is 0 Å². The number of carbonyl (C=O) groups excluding carboxylic acids is 4. The summed E-state index contributed by atoms with van der Waals surface area (Å²) in [4.78, 5) is 48.7. The molecule has 7 atom stereocenters. The maximum absolute atomic E-state index is 12.7. The van der Waals surface area contributed by atoms with Crippen molar-refractivity contribution in [2.75, 3.05) is 0 Å². The smallest absolute Gasteiger partial charge is 0.338 e. The molecule has 0 aromatic carbocycles. The number of aliphatic hydroxyl groups is 1. The molecule has 1 saturated carbocycles. The topological polar surface area (TPSA) is 116 Å². The molecule has 0 aromatic heterocycles. The number of ether oxygens (including phenoxy) is 3. The van der Waals surface area contributed by atoms with Crippen molar-refractivity contribution in [2.24, 2.45) is 17.3 Å². The lowest BCUT2D eigenvalue weighted by Crippen LogP contribution is -2.67. The second-order valence-electron chi connectivity index (χ2n) is 8.19. The van der Waals surface area contributed by atoms with Crippen molar-refractivity contribution in [3.8, 4) is 0 Å². The first-order valence-corrected chi connectivity index (χ1v) is 9.63. The molecular weight excluding hydrogens is 392 g/mol. The minimum atomic E-state index is -1.80. The van der Waals surface area contributed by atoms with Gasteiger partial charge in [0.1, 0.15) is 18.5 Å². The lowest BCUT2D eigenvalue weighted by Gasteiger charge is -2.56. The molecule has 1 saturated heterocycles. The number of hydrogen-bond acceptors (Lipinski definition) is 8. The van der Waals surface area contributed by atoms with Gasteiger partial charge >= 0.3 is 17.9 Å². The van der Waals surface area contributed by atoms with Gasteiger partial charge in [-0.1, -0.05) is 33.1 Å². The Labute approximate surface area is 175 Å². The Kier molecular flexibility index (Phi) is 6.42. The Morgan fingerprint density at radius 3 is 2.40 bits per heavy atom. The van der Waals surface area contributed by atoms with Crippen LogP contribution in [0.2, 0.25) is 0 Å². The number of carbonyl (C=O) groups is 4. The van der Waals surface area contributed by atoms with Crippen LogP contribution in [0.4, 0.5) is 0 Å². The molecule has 0 amide bonds. The lowest BCUT2D eigenvalue weighted by atomic mass is 9.55. The van der Waals surface area contributed by atoms with Gasteiger partial charge in [0.05, 0.1) is 5.92 Å². The van der Waals surface area contributed by atoms with Gasteiger partial charge < -0.3 is 19.3 Å². The van der Waals surface area contributed by atoms with E-state index < -0.39 is 59.1 Å². The third-order valence-corrected chi connectivity index (χ3v) is 6.18. The van der Waals surface area contributed by atoms with Gasteiger partial charge in [-0.05, 0) is 18.9 Å². The van der Waals surface area contributed by atoms with E-state index in [4.69, 9.17) is 14.2 Å². The number of esters is 3. The predicted molar refractivity (Wildman–Crippen MR) is 106 cm³/mol. The number of aldehydes is 1. The largest absolute Gasteiger partial charge is 0.459 e. The van der Waals surface area contributed by atoms with Crippen molar-refractivity contribution in [1.29, 1.82) is 0 Å². The molecular formula is C22H28O8. The Balaban J connectivity index is 2.71. The van der Waals surface area contributed by atoms with E-state index in [0.717, 1.165) is 0 Å². The van der Waals surface area contributed by atoms with Crippen molar-refractivity contribution < 1.29 is 38.5 Å². The first kappa shape index (κ1) is 23.5. The number of hydrogen-bond donors (Lipinski definition) is 1. The van der Waals surface area contributed by atoms with E-state index in [1.54, 1.807) is 13.8 Å². The molecule has 2 bridgehead atoms. The fourth-order valence-electron chi connectivity index (χ4n) is 4.18. The second-order valence-corrected chi connectivity index (χ2v) is 8.19. The maximum Gasteiger partial charge on any atom is 0.338 e. The second kappa shape index (κ2) is 8.18. The first-order valence-electron chi connectivity index (χ1n) is 9.63. The molecule has 0 radical (unpaired) electrons. The van der Waals surface area contributed by atoms with Crippen LogP contribution in [-0.4, -0.2) is 53.2 Å². The molecule has 1 aliphatic heterocycles. The van der Waals surface area contributed by atoms with E-state index in [0.29, 0.717) is 6.29 Å². The van der Waals surface area contributed by atoms with E-state index >= 15 is 0 Å². The Hall–Kier alpha value is -2.74. The highest BCUT2D eigenvalue weighted by Crippen LogP contribution is 2.54. The van der Waals surface area contributed by atoms with Crippen molar-refractivity contribution in [2.45, 2.75) is 58.0 Å². The first-order chi connectivity index (χ1) is 13.8. The summed E-state index contributed by atoms with van der Waals surface area (Å²) >= 11 is 0. The zero-order valence-electron chi connectivity index (χ0n) is 17.7. The summed E-state index contributed by atoms with van der Waals surface area (Å²) in [5, 5.41) is 10.4. The molecule has 1 N–H and O–H groups in total. The van der Waals surface area contributed by atoms with Gasteiger partial charge in [0, 0.05) is 23.8 Å². The molecule has 2 fully saturated rings. The Morgan fingerprint density at radius 2 is 1.93 bits per heavy atom. The predicted octanol–water partition coefficient (Wildman–Crippen LogP) is 1.67.